The van der Waals surface area contributed by atoms with Crippen LogP contribution in [0.5, 0.6) is 0 Å². The lowest BCUT2D eigenvalue weighted by Gasteiger charge is -2.35. The van der Waals surface area contributed by atoms with Gasteiger partial charge in [0.2, 0.25) is 0 Å². The van der Waals surface area contributed by atoms with Crippen LogP contribution in [0, 0.1) is 0 Å². The van der Waals surface area contributed by atoms with Gasteiger partial charge in [0, 0.05) is 43.7 Å². The molecule has 0 saturated carbocycles. The van der Waals surface area contributed by atoms with Gasteiger partial charge in [0.05, 0.1) is 5.56 Å². The molecular weight excluding hydrogens is 495 g/mol. The number of piperazine rings is 1. The maximum atomic E-state index is 13.4. The minimum Gasteiger partial charge on any atom is -0.352 e. The molecule has 4 aromatic rings. The summed E-state index contributed by atoms with van der Waals surface area (Å²) in [5, 5.41) is 4.58. The largest absolute Gasteiger partial charge is 0.416 e. The average molecular weight is 524 g/mol. The first-order valence-electron chi connectivity index (χ1n) is 12.8. The van der Waals surface area contributed by atoms with Crippen molar-refractivity contribution in [1.82, 2.24) is 20.0 Å². The fourth-order valence-electron chi connectivity index (χ4n) is 4.67. The Morgan fingerprint density at radius 1 is 1.00 bits per heavy atom. The maximum Gasteiger partial charge on any atom is 0.416 e. The summed E-state index contributed by atoms with van der Waals surface area (Å²) in [6, 6.07) is 12.7. The molecule has 1 fully saturated rings. The van der Waals surface area contributed by atoms with Crippen LogP contribution in [0.2, 0.25) is 0 Å². The molecule has 3 heterocycles. The lowest BCUT2D eigenvalue weighted by Crippen LogP contribution is -2.49. The van der Waals surface area contributed by atoms with Crippen LogP contribution >= 0.6 is 0 Å². The van der Waals surface area contributed by atoms with Crippen LogP contribution in [0.15, 0.2) is 53.1 Å². The van der Waals surface area contributed by atoms with Crippen LogP contribution in [-0.2, 0) is 19.0 Å². The molecule has 1 aliphatic heterocycles. The van der Waals surface area contributed by atoms with Crippen molar-refractivity contribution in [3.05, 3.63) is 71.0 Å². The number of aryl methyl sites for hydroxylation is 2. The van der Waals surface area contributed by atoms with E-state index in [0.717, 1.165) is 25.0 Å². The number of anilines is 1. The summed E-state index contributed by atoms with van der Waals surface area (Å²) in [5.41, 5.74) is 1.83. The van der Waals surface area contributed by atoms with Crippen LogP contribution in [0.1, 0.15) is 47.6 Å². The number of benzene rings is 2. The normalized spacial score (nSPS) is 14.3. The molecule has 1 saturated heterocycles. The van der Waals surface area contributed by atoms with E-state index < -0.39 is 11.7 Å². The molecule has 2 aromatic carbocycles. The predicted octanol–water partition coefficient (Wildman–Crippen LogP) is 5.78. The Morgan fingerprint density at radius 2 is 1.74 bits per heavy atom. The molecule has 38 heavy (non-hydrogen) atoms. The van der Waals surface area contributed by atoms with E-state index in [9.17, 15) is 18.0 Å². The highest BCUT2D eigenvalue weighted by atomic mass is 19.4. The van der Waals surface area contributed by atoms with Crippen molar-refractivity contribution in [1.29, 1.82) is 0 Å². The van der Waals surface area contributed by atoms with Gasteiger partial charge < -0.3 is 14.3 Å². The number of nitrogens with zero attached hydrogens (tertiary/aromatic N) is 5. The van der Waals surface area contributed by atoms with Gasteiger partial charge in [-0.1, -0.05) is 43.3 Å². The number of amides is 1. The van der Waals surface area contributed by atoms with Crippen molar-refractivity contribution >= 4 is 22.8 Å². The van der Waals surface area contributed by atoms with E-state index in [0.29, 0.717) is 55.2 Å². The summed E-state index contributed by atoms with van der Waals surface area (Å²) in [6.45, 7) is 6.05. The Bertz CT molecular complexity index is 1440. The molecule has 0 unspecified atom stereocenters. The van der Waals surface area contributed by atoms with E-state index >= 15 is 0 Å². The fourth-order valence-corrected chi connectivity index (χ4v) is 4.67. The second kappa shape index (κ2) is 10.4. The van der Waals surface area contributed by atoms with Gasteiger partial charge in [-0.2, -0.15) is 18.2 Å². The Kier molecular flexibility index (Phi) is 7.05. The molecule has 1 amide bonds. The van der Waals surface area contributed by atoms with Crippen LogP contribution in [0.4, 0.5) is 19.0 Å². The number of carbonyl (C=O) groups excluding carboxylic acids is 1. The van der Waals surface area contributed by atoms with Gasteiger partial charge in [-0.3, -0.25) is 4.79 Å². The summed E-state index contributed by atoms with van der Waals surface area (Å²) < 4.78 is 45.7. The van der Waals surface area contributed by atoms with Gasteiger partial charge in [0.15, 0.2) is 0 Å². The second-order valence-corrected chi connectivity index (χ2v) is 9.33. The molecule has 0 atom stereocenters. The first-order chi connectivity index (χ1) is 18.3. The number of rotatable bonds is 6. The highest BCUT2D eigenvalue weighted by molar-refractivity contribution is 5.98. The quantitative estimate of drug-likeness (QED) is 0.319. The number of fused-ring (bicyclic) bond motifs is 1. The van der Waals surface area contributed by atoms with Crippen molar-refractivity contribution in [3.8, 4) is 11.3 Å². The summed E-state index contributed by atoms with van der Waals surface area (Å²) in [6.07, 6.45) is -2.14. The number of halogens is 3. The smallest absolute Gasteiger partial charge is 0.352 e. The SMILES string of the molecule is CCCc1nc(N2CCN(C(=O)c3ccc(CC)cc3)CC2)c2c(-c3cccc(C(F)(F)F)c3)noc2n1. The van der Waals surface area contributed by atoms with E-state index in [2.05, 4.69) is 17.1 Å². The molecule has 0 spiro atoms. The van der Waals surface area contributed by atoms with Crippen molar-refractivity contribution in [3.63, 3.8) is 0 Å². The van der Waals surface area contributed by atoms with Crippen LogP contribution < -0.4 is 4.90 Å². The topological polar surface area (TPSA) is 75.4 Å². The summed E-state index contributed by atoms with van der Waals surface area (Å²) in [4.78, 5) is 26.2. The maximum absolute atomic E-state index is 13.4. The molecule has 2 aromatic heterocycles. The summed E-state index contributed by atoms with van der Waals surface area (Å²) in [7, 11) is 0. The van der Waals surface area contributed by atoms with Gasteiger partial charge in [0.1, 0.15) is 22.7 Å². The minimum absolute atomic E-state index is 0.0264. The van der Waals surface area contributed by atoms with Gasteiger partial charge >= 0.3 is 6.18 Å². The zero-order valence-electron chi connectivity index (χ0n) is 21.3. The minimum atomic E-state index is -4.48. The van der Waals surface area contributed by atoms with E-state index in [-0.39, 0.29) is 22.9 Å². The average Bonchev–Trinajstić information content (AvgIpc) is 3.36. The lowest BCUT2D eigenvalue weighted by atomic mass is 10.1. The molecule has 0 radical (unpaired) electrons. The standard InChI is InChI=1S/C28H28F3N5O2/c1-3-6-22-32-25(35-13-15-36(16-14-35)27(37)19-11-9-18(4-2)10-12-19)23-24(34-38-26(23)33-22)20-7-5-8-21(17-20)28(29,30)31/h5,7-12,17H,3-4,6,13-16H2,1-2H3. The fraction of sp³-hybridized carbons (Fsp3) is 0.357. The zero-order valence-corrected chi connectivity index (χ0v) is 21.3. The Morgan fingerprint density at radius 3 is 2.39 bits per heavy atom. The van der Waals surface area contributed by atoms with Gasteiger partial charge in [-0.25, -0.2) is 4.98 Å². The summed E-state index contributed by atoms with van der Waals surface area (Å²) in [5.74, 6) is 1.12. The number of hydrogen-bond acceptors (Lipinski definition) is 6. The second-order valence-electron chi connectivity index (χ2n) is 9.33. The van der Waals surface area contributed by atoms with E-state index in [1.54, 1.807) is 6.07 Å². The van der Waals surface area contributed by atoms with Crippen molar-refractivity contribution in [2.45, 2.75) is 39.3 Å². The predicted molar refractivity (Wildman–Crippen MR) is 138 cm³/mol. The van der Waals surface area contributed by atoms with E-state index in [1.807, 2.05) is 41.0 Å². The molecule has 10 heteroatoms. The molecule has 0 aliphatic carbocycles. The lowest BCUT2D eigenvalue weighted by molar-refractivity contribution is -0.137. The van der Waals surface area contributed by atoms with Gasteiger partial charge in [-0.15, -0.1) is 0 Å². The monoisotopic (exact) mass is 523 g/mol. The van der Waals surface area contributed by atoms with Crippen LogP contribution in [0.3, 0.4) is 0 Å². The third-order valence-electron chi connectivity index (χ3n) is 6.78. The van der Waals surface area contributed by atoms with E-state index in [1.165, 1.54) is 11.6 Å². The van der Waals surface area contributed by atoms with E-state index in [4.69, 9.17) is 9.51 Å². The number of carbonyl (C=O) groups is 1. The van der Waals surface area contributed by atoms with Gasteiger partial charge in [-0.05, 0) is 42.7 Å². The number of aromatic nitrogens is 3. The highest BCUT2D eigenvalue weighted by Crippen LogP contribution is 2.37. The molecule has 0 bridgehead atoms. The zero-order chi connectivity index (χ0) is 26.9. The van der Waals surface area contributed by atoms with Crippen molar-refractivity contribution in [2.75, 3.05) is 31.1 Å². The third kappa shape index (κ3) is 5.07. The Labute approximate surface area is 218 Å². The third-order valence-corrected chi connectivity index (χ3v) is 6.78. The van der Waals surface area contributed by atoms with Crippen molar-refractivity contribution < 1.29 is 22.5 Å². The first kappa shape index (κ1) is 25.7. The van der Waals surface area contributed by atoms with Crippen LogP contribution in [0.25, 0.3) is 22.4 Å². The Balaban J connectivity index is 1.46. The van der Waals surface area contributed by atoms with Crippen molar-refractivity contribution in [2.24, 2.45) is 0 Å². The summed E-state index contributed by atoms with van der Waals surface area (Å²) >= 11 is 0. The van der Waals surface area contributed by atoms with Crippen LogP contribution in [-0.4, -0.2) is 52.1 Å². The number of alkyl halides is 3. The molecule has 198 valence electrons. The highest BCUT2D eigenvalue weighted by Gasteiger charge is 2.32. The first-order valence-corrected chi connectivity index (χ1v) is 12.8. The number of hydrogen-bond donors (Lipinski definition) is 0. The Hall–Kier alpha value is -3.95. The molecule has 1 aliphatic rings. The van der Waals surface area contributed by atoms with Gasteiger partial charge in [0.25, 0.3) is 11.6 Å². The molecular formula is C28H28F3N5O2. The molecule has 0 N–H and O–H groups in total. The molecule has 5 rings (SSSR count). The molecule has 7 nitrogen and oxygen atoms in total.